The number of carbonyl (C=O) groups excluding carboxylic acids is 2. The number of anilines is 1. The molecule has 0 saturated carbocycles. The van der Waals surface area contributed by atoms with Crippen molar-refractivity contribution in [1.82, 2.24) is 14.7 Å². The molecule has 0 spiro atoms. The van der Waals surface area contributed by atoms with Gasteiger partial charge in [0.15, 0.2) is 0 Å². The molecular formula is C20H18N4O2. The second-order valence-electron chi connectivity index (χ2n) is 6.17. The number of benzene rings is 2. The monoisotopic (exact) mass is 346 g/mol. The lowest BCUT2D eigenvalue weighted by Crippen LogP contribution is -2.32. The van der Waals surface area contributed by atoms with Gasteiger partial charge in [-0.1, -0.05) is 24.8 Å². The minimum absolute atomic E-state index is 0.0720. The molecule has 0 aliphatic carbocycles. The zero-order chi connectivity index (χ0) is 18.3. The van der Waals surface area contributed by atoms with Crippen molar-refractivity contribution in [3.8, 4) is 0 Å². The molecule has 0 saturated heterocycles. The maximum Gasteiger partial charge on any atom is 0.259 e. The molecule has 3 aromatic rings. The SMILES string of the molecule is C=C1c2ccccc2C(=O)N1CC(=O)Nc1ccc2cnn(CC)c2c1. The molecule has 0 radical (unpaired) electrons. The molecule has 130 valence electrons. The third kappa shape index (κ3) is 2.56. The molecule has 1 aliphatic heterocycles. The molecule has 0 fully saturated rings. The van der Waals surface area contributed by atoms with Crippen molar-refractivity contribution >= 4 is 34.1 Å². The number of fused-ring (bicyclic) bond motifs is 2. The molecule has 2 aromatic carbocycles. The van der Waals surface area contributed by atoms with Crippen LogP contribution in [0.1, 0.15) is 22.8 Å². The number of carbonyl (C=O) groups is 2. The lowest BCUT2D eigenvalue weighted by molar-refractivity contribution is -0.116. The average Bonchev–Trinajstić information content (AvgIpc) is 3.16. The van der Waals surface area contributed by atoms with Crippen LogP contribution in [0.3, 0.4) is 0 Å². The second-order valence-corrected chi connectivity index (χ2v) is 6.17. The number of hydrogen-bond acceptors (Lipinski definition) is 3. The zero-order valence-corrected chi connectivity index (χ0v) is 14.4. The van der Waals surface area contributed by atoms with Gasteiger partial charge in [0.1, 0.15) is 6.54 Å². The summed E-state index contributed by atoms with van der Waals surface area (Å²) in [6.45, 7) is 6.65. The van der Waals surface area contributed by atoms with Crippen molar-refractivity contribution in [3.05, 3.63) is 66.4 Å². The Hall–Kier alpha value is -3.41. The third-order valence-electron chi connectivity index (χ3n) is 4.57. The van der Waals surface area contributed by atoms with Crippen LogP contribution in [0.4, 0.5) is 5.69 Å². The van der Waals surface area contributed by atoms with E-state index >= 15 is 0 Å². The molecule has 6 heteroatoms. The molecule has 0 atom stereocenters. The second kappa shape index (κ2) is 6.15. The highest BCUT2D eigenvalue weighted by Gasteiger charge is 2.31. The first-order valence-electron chi connectivity index (χ1n) is 8.44. The topological polar surface area (TPSA) is 67.2 Å². The minimum Gasteiger partial charge on any atom is -0.324 e. The Morgan fingerprint density at radius 1 is 1.19 bits per heavy atom. The largest absolute Gasteiger partial charge is 0.324 e. The van der Waals surface area contributed by atoms with Crippen molar-refractivity contribution in [2.24, 2.45) is 0 Å². The van der Waals surface area contributed by atoms with Crippen LogP contribution in [-0.4, -0.2) is 33.0 Å². The highest BCUT2D eigenvalue weighted by Crippen LogP contribution is 2.30. The van der Waals surface area contributed by atoms with Crippen LogP contribution in [0.25, 0.3) is 16.6 Å². The van der Waals surface area contributed by atoms with Crippen molar-refractivity contribution in [2.45, 2.75) is 13.5 Å². The zero-order valence-electron chi connectivity index (χ0n) is 14.4. The van der Waals surface area contributed by atoms with Gasteiger partial charge in [-0.15, -0.1) is 0 Å². The van der Waals surface area contributed by atoms with Gasteiger partial charge >= 0.3 is 0 Å². The first kappa shape index (κ1) is 16.1. The molecule has 26 heavy (non-hydrogen) atoms. The first-order chi connectivity index (χ1) is 12.6. The third-order valence-corrected chi connectivity index (χ3v) is 4.57. The number of aromatic nitrogens is 2. The number of rotatable bonds is 4. The fraction of sp³-hybridized carbons (Fsp3) is 0.150. The van der Waals surface area contributed by atoms with Crippen LogP contribution in [0.2, 0.25) is 0 Å². The minimum atomic E-state index is -0.269. The van der Waals surface area contributed by atoms with E-state index in [9.17, 15) is 9.59 Å². The van der Waals surface area contributed by atoms with Gasteiger partial charge in [-0.3, -0.25) is 19.2 Å². The van der Waals surface area contributed by atoms with Crippen LogP contribution in [0.5, 0.6) is 0 Å². The summed E-state index contributed by atoms with van der Waals surface area (Å²) in [5, 5.41) is 8.17. The van der Waals surface area contributed by atoms with Gasteiger partial charge in [-0.2, -0.15) is 5.10 Å². The Bertz CT molecular complexity index is 1020. The fourth-order valence-electron chi connectivity index (χ4n) is 3.25. The summed E-state index contributed by atoms with van der Waals surface area (Å²) in [5.74, 6) is -0.463. The molecule has 1 aliphatic rings. The predicted octanol–water partition coefficient (Wildman–Crippen LogP) is 3.12. The summed E-state index contributed by atoms with van der Waals surface area (Å²) >= 11 is 0. The lowest BCUT2D eigenvalue weighted by atomic mass is 10.1. The van der Waals surface area contributed by atoms with E-state index < -0.39 is 0 Å². The van der Waals surface area contributed by atoms with E-state index in [0.717, 1.165) is 23.0 Å². The normalized spacial score (nSPS) is 13.3. The maximum absolute atomic E-state index is 12.5. The van der Waals surface area contributed by atoms with Crippen molar-refractivity contribution in [1.29, 1.82) is 0 Å². The van der Waals surface area contributed by atoms with E-state index in [0.29, 0.717) is 16.9 Å². The standard InChI is InChI=1S/C20H18N4O2/c1-3-24-18-10-15(9-8-14(18)11-21-24)22-19(25)12-23-13(2)16-6-4-5-7-17(16)20(23)26/h4-11H,2-3,12H2,1H3,(H,22,25). The molecule has 0 bridgehead atoms. The van der Waals surface area contributed by atoms with Crippen LogP contribution < -0.4 is 5.32 Å². The van der Waals surface area contributed by atoms with E-state index in [1.807, 2.05) is 41.9 Å². The molecule has 0 unspecified atom stereocenters. The average molecular weight is 346 g/mol. The van der Waals surface area contributed by atoms with Gasteiger partial charge in [-0.25, -0.2) is 0 Å². The molecule has 2 heterocycles. The van der Waals surface area contributed by atoms with Gasteiger partial charge in [0.2, 0.25) is 5.91 Å². The number of hydrogen-bond donors (Lipinski definition) is 1. The van der Waals surface area contributed by atoms with E-state index in [4.69, 9.17) is 0 Å². The highest BCUT2D eigenvalue weighted by atomic mass is 16.2. The quantitative estimate of drug-likeness (QED) is 0.789. The van der Waals surface area contributed by atoms with E-state index in [-0.39, 0.29) is 18.4 Å². The Kier molecular flexibility index (Phi) is 3.80. The molecule has 1 aromatic heterocycles. The summed E-state index contributed by atoms with van der Waals surface area (Å²) < 4.78 is 1.87. The van der Waals surface area contributed by atoms with Gasteiger partial charge in [-0.05, 0) is 31.2 Å². The maximum atomic E-state index is 12.5. The van der Waals surface area contributed by atoms with Gasteiger partial charge in [0.05, 0.1) is 11.7 Å². The van der Waals surface area contributed by atoms with Crippen LogP contribution >= 0.6 is 0 Å². The number of amides is 2. The first-order valence-corrected chi connectivity index (χ1v) is 8.44. The summed E-state index contributed by atoms with van der Waals surface area (Å²) in [4.78, 5) is 26.4. The molecule has 1 N–H and O–H groups in total. The number of aryl methyl sites for hydroxylation is 1. The Labute approximate surface area is 150 Å². The van der Waals surface area contributed by atoms with Crippen molar-refractivity contribution < 1.29 is 9.59 Å². The van der Waals surface area contributed by atoms with Crippen LogP contribution in [0.15, 0.2) is 55.2 Å². The number of nitrogens with zero attached hydrogens (tertiary/aromatic N) is 3. The predicted molar refractivity (Wildman–Crippen MR) is 101 cm³/mol. The van der Waals surface area contributed by atoms with Crippen molar-refractivity contribution in [2.75, 3.05) is 11.9 Å². The summed E-state index contributed by atoms with van der Waals surface area (Å²) in [6, 6.07) is 12.9. The van der Waals surface area contributed by atoms with Crippen LogP contribution in [-0.2, 0) is 11.3 Å². The van der Waals surface area contributed by atoms with Gasteiger partial charge in [0.25, 0.3) is 5.91 Å². The van der Waals surface area contributed by atoms with Crippen LogP contribution in [0, 0.1) is 0 Å². The molecule has 4 rings (SSSR count). The smallest absolute Gasteiger partial charge is 0.259 e. The van der Waals surface area contributed by atoms with Gasteiger partial charge < -0.3 is 5.32 Å². The molecule has 6 nitrogen and oxygen atoms in total. The Morgan fingerprint density at radius 3 is 2.69 bits per heavy atom. The lowest BCUT2D eigenvalue weighted by Gasteiger charge is -2.17. The Morgan fingerprint density at radius 2 is 1.96 bits per heavy atom. The van der Waals surface area contributed by atoms with E-state index in [2.05, 4.69) is 17.0 Å². The summed E-state index contributed by atoms with van der Waals surface area (Å²) in [5.41, 5.74) is 3.55. The van der Waals surface area contributed by atoms with Gasteiger partial charge in [0, 0.05) is 34.4 Å². The summed E-state index contributed by atoms with van der Waals surface area (Å²) in [7, 11) is 0. The number of nitrogens with one attached hydrogen (secondary N) is 1. The highest BCUT2D eigenvalue weighted by molar-refractivity contribution is 6.11. The Balaban J connectivity index is 1.51. The molecular weight excluding hydrogens is 328 g/mol. The molecule has 2 amide bonds. The summed E-state index contributed by atoms with van der Waals surface area (Å²) in [6.07, 6.45) is 1.80. The fourth-order valence-corrected chi connectivity index (χ4v) is 3.25. The van der Waals surface area contributed by atoms with Crippen molar-refractivity contribution in [3.63, 3.8) is 0 Å². The van der Waals surface area contributed by atoms with E-state index in [1.54, 1.807) is 18.3 Å². The van der Waals surface area contributed by atoms with E-state index in [1.165, 1.54) is 4.90 Å².